The van der Waals surface area contributed by atoms with Crippen LogP contribution in [0.4, 0.5) is 0 Å². The van der Waals surface area contributed by atoms with Crippen molar-refractivity contribution < 1.29 is 23.7 Å². The van der Waals surface area contributed by atoms with Crippen molar-refractivity contribution in [3.63, 3.8) is 0 Å². The Morgan fingerprint density at radius 1 is 0.914 bits per heavy atom. The van der Waals surface area contributed by atoms with Gasteiger partial charge in [0.15, 0.2) is 23.0 Å². The average Bonchev–Trinajstić information content (AvgIpc) is 3.34. The first-order valence-electron chi connectivity index (χ1n) is 11.4. The van der Waals surface area contributed by atoms with Crippen LogP contribution in [0, 0.1) is 0 Å². The highest BCUT2D eigenvalue weighted by atomic mass is 35.5. The van der Waals surface area contributed by atoms with Gasteiger partial charge in [0, 0.05) is 28.1 Å². The summed E-state index contributed by atoms with van der Waals surface area (Å²) in [6.45, 7) is 2.50. The minimum absolute atomic E-state index is 0.0388. The fourth-order valence-corrected chi connectivity index (χ4v) is 4.76. The Morgan fingerprint density at radius 3 is 2.40 bits per heavy atom. The van der Waals surface area contributed by atoms with Crippen molar-refractivity contribution in [2.24, 2.45) is 5.10 Å². The molecule has 5 rings (SSSR count). The van der Waals surface area contributed by atoms with Crippen molar-refractivity contribution in [2.75, 3.05) is 27.9 Å². The molecule has 3 aromatic rings. The average molecular weight is 495 g/mol. The predicted molar refractivity (Wildman–Crippen MR) is 134 cm³/mol. The van der Waals surface area contributed by atoms with E-state index in [-0.39, 0.29) is 6.04 Å². The second-order valence-corrected chi connectivity index (χ2v) is 8.65. The van der Waals surface area contributed by atoms with E-state index in [0.29, 0.717) is 41.0 Å². The Hall–Kier alpha value is -3.58. The Bertz CT molecular complexity index is 1280. The lowest BCUT2D eigenvalue weighted by atomic mass is 9.95. The van der Waals surface area contributed by atoms with Gasteiger partial charge in [-0.05, 0) is 61.5 Å². The fraction of sp³-hybridized carbons (Fsp3) is 0.296. The summed E-state index contributed by atoms with van der Waals surface area (Å²) in [6.07, 6.45) is 0.243. The van der Waals surface area contributed by atoms with Gasteiger partial charge in [0.2, 0.25) is 6.23 Å². The topological polar surface area (TPSA) is 61.8 Å². The molecule has 2 atom stereocenters. The van der Waals surface area contributed by atoms with E-state index in [9.17, 15) is 0 Å². The number of rotatable bonds is 7. The van der Waals surface area contributed by atoms with Gasteiger partial charge in [-0.3, -0.25) is 0 Å². The number of benzene rings is 3. The minimum atomic E-state index is -0.448. The van der Waals surface area contributed by atoms with Crippen molar-refractivity contribution in [3.8, 4) is 28.7 Å². The minimum Gasteiger partial charge on any atom is -0.493 e. The van der Waals surface area contributed by atoms with E-state index in [1.165, 1.54) is 0 Å². The molecule has 0 N–H and O–H groups in total. The highest BCUT2D eigenvalue weighted by molar-refractivity contribution is 6.30. The maximum Gasteiger partial charge on any atom is 0.214 e. The van der Waals surface area contributed by atoms with Crippen LogP contribution < -0.4 is 23.7 Å². The van der Waals surface area contributed by atoms with E-state index >= 15 is 0 Å². The van der Waals surface area contributed by atoms with Gasteiger partial charge in [-0.1, -0.05) is 11.6 Å². The summed E-state index contributed by atoms with van der Waals surface area (Å²) in [7, 11) is 4.88. The second-order valence-electron chi connectivity index (χ2n) is 8.21. The van der Waals surface area contributed by atoms with Crippen LogP contribution in [-0.4, -0.2) is 38.7 Å². The van der Waals surface area contributed by atoms with E-state index in [0.717, 1.165) is 28.2 Å². The first kappa shape index (κ1) is 23.2. The molecule has 182 valence electrons. The zero-order chi connectivity index (χ0) is 24.5. The highest BCUT2D eigenvalue weighted by Crippen LogP contribution is 2.49. The summed E-state index contributed by atoms with van der Waals surface area (Å²) in [5, 5.41) is 7.69. The van der Waals surface area contributed by atoms with Crippen LogP contribution in [0.1, 0.15) is 42.3 Å². The largest absolute Gasteiger partial charge is 0.493 e. The molecule has 0 unspecified atom stereocenters. The normalized spacial score (nSPS) is 18.2. The predicted octanol–water partition coefficient (Wildman–Crippen LogP) is 6.01. The third-order valence-corrected chi connectivity index (χ3v) is 6.48. The molecule has 7 nitrogen and oxygen atoms in total. The van der Waals surface area contributed by atoms with Crippen molar-refractivity contribution in [1.29, 1.82) is 0 Å². The van der Waals surface area contributed by atoms with Crippen LogP contribution in [0.2, 0.25) is 5.02 Å². The van der Waals surface area contributed by atoms with E-state index in [2.05, 4.69) is 0 Å². The molecule has 3 aromatic carbocycles. The van der Waals surface area contributed by atoms with Gasteiger partial charge in [-0.2, -0.15) is 5.10 Å². The first-order valence-corrected chi connectivity index (χ1v) is 11.8. The van der Waals surface area contributed by atoms with E-state index in [1.807, 2.05) is 66.5 Å². The van der Waals surface area contributed by atoms with Gasteiger partial charge in [0.1, 0.15) is 5.75 Å². The van der Waals surface area contributed by atoms with Crippen LogP contribution in [0.15, 0.2) is 59.7 Å². The number of hydrazone groups is 1. The quantitative estimate of drug-likeness (QED) is 0.401. The Kier molecular flexibility index (Phi) is 6.34. The third kappa shape index (κ3) is 4.21. The lowest BCUT2D eigenvalue weighted by Crippen LogP contribution is -2.33. The number of hydrogen-bond acceptors (Lipinski definition) is 7. The van der Waals surface area contributed by atoms with Crippen molar-refractivity contribution in [1.82, 2.24) is 5.01 Å². The van der Waals surface area contributed by atoms with Gasteiger partial charge in [-0.25, -0.2) is 5.01 Å². The Labute approximate surface area is 209 Å². The molecule has 0 saturated heterocycles. The number of methoxy groups -OCH3 is 3. The van der Waals surface area contributed by atoms with Gasteiger partial charge >= 0.3 is 0 Å². The van der Waals surface area contributed by atoms with Crippen molar-refractivity contribution in [3.05, 3.63) is 76.3 Å². The molecule has 35 heavy (non-hydrogen) atoms. The van der Waals surface area contributed by atoms with Crippen LogP contribution >= 0.6 is 11.6 Å². The zero-order valence-electron chi connectivity index (χ0n) is 20.1. The summed E-state index contributed by atoms with van der Waals surface area (Å²) >= 11 is 6.36. The monoisotopic (exact) mass is 494 g/mol. The smallest absolute Gasteiger partial charge is 0.214 e. The van der Waals surface area contributed by atoms with Gasteiger partial charge in [0.25, 0.3) is 0 Å². The molecule has 0 fully saturated rings. The van der Waals surface area contributed by atoms with Gasteiger partial charge < -0.3 is 23.7 Å². The van der Waals surface area contributed by atoms with Crippen LogP contribution in [-0.2, 0) is 0 Å². The molecule has 0 aromatic heterocycles. The zero-order valence-corrected chi connectivity index (χ0v) is 20.8. The summed E-state index contributed by atoms with van der Waals surface area (Å²) in [6, 6.07) is 17.3. The number of hydrogen-bond donors (Lipinski definition) is 0. The molecule has 2 aliphatic heterocycles. The number of nitrogens with zero attached hydrogens (tertiary/aromatic N) is 2. The standard InChI is InChI=1S/C27H27ClN2O5/c1-5-34-24-10-7-17(13-26(24)33-4)27-30-21(19-14-18(28)8-11-22(19)35-27)15-20(29-30)16-6-9-23(31-2)25(12-16)32-3/h6-14,21,27H,5,15H2,1-4H3/t21-,27-/m0/s1. The van der Waals surface area contributed by atoms with E-state index < -0.39 is 6.23 Å². The van der Waals surface area contributed by atoms with Crippen LogP contribution in [0.25, 0.3) is 0 Å². The lowest BCUT2D eigenvalue weighted by Gasteiger charge is -2.38. The summed E-state index contributed by atoms with van der Waals surface area (Å²) in [4.78, 5) is 0. The molecular weight excluding hydrogens is 468 g/mol. The maximum atomic E-state index is 6.47. The molecule has 2 heterocycles. The third-order valence-electron chi connectivity index (χ3n) is 6.24. The molecule has 2 aliphatic rings. The van der Waals surface area contributed by atoms with Crippen molar-refractivity contribution >= 4 is 17.3 Å². The molecule has 0 aliphatic carbocycles. The number of ether oxygens (including phenoxy) is 5. The van der Waals surface area contributed by atoms with E-state index in [4.69, 9.17) is 40.4 Å². The molecule has 0 spiro atoms. The highest BCUT2D eigenvalue weighted by Gasteiger charge is 2.41. The Morgan fingerprint density at radius 2 is 1.66 bits per heavy atom. The first-order chi connectivity index (χ1) is 17.1. The second kappa shape index (κ2) is 9.58. The molecule has 0 saturated carbocycles. The number of fused-ring (bicyclic) bond motifs is 3. The SMILES string of the molecule is CCOc1ccc([C@@H]2Oc3ccc(Cl)cc3[C@@H]3CC(c4ccc(OC)c(OC)c4)=NN32)cc1OC. The molecular formula is C27H27ClN2O5. The number of halogens is 1. The summed E-state index contributed by atoms with van der Waals surface area (Å²) in [5.41, 5.74) is 3.80. The van der Waals surface area contributed by atoms with Crippen molar-refractivity contribution in [2.45, 2.75) is 25.6 Å². The molecule has 0 bridgehead atoms. The summed E-state index contributed by atoms with van der Waals surface area (Å²) in [5.74, 6) is 3.46. The molecule has 0 amide bonds. The van der Waals surface area contributed by atoms with Gasteiger partial charge in [0.05, 0.1) is 39.7 Å². The van der Waals surface area contributed by atoms with Gasteiger partial charge in [-0.15, -0.1) is 0 Å². The lowest BCUT2D eigenvalue weighted by molar-refractivity contribution is -0.0191. The van der Waals surface area contributed by atoms with E-state index in [1.54, 1.807) is 21.3 Å². The summed E-state index contributed by atoms with van der Waals surface area (Å²) < 4.78 is 28.7. The maximum absolute atomic E-state index is 6.47. The molecule has 8 heteroatoms. The fourth-order valence-electron chi connectivity index (χ4n) is 4.58. The van der Waals surface area contributed by atoms with Crippen LogP contribution in [0.3, 0.4) is 0 Å². The molecule has 0 radical (unpaired) electrons. The van der Waals surface area contributed by atoms with Crippen LogP contribution in [0.5, 0.6) is 28.7 Å². The Balaban J connectivity index is 1.58.